The molecule has 4 heterocycles. The zero-order valence-electron chi connectivity index (χ0n) is 14.6. The fraction of sp³-hybridized carbons (Fsp3) is 0.211. The molecule has 0 unspecified atom stereocenters. The number of imidazole rings is 1. The summed E-state index contributed by atoms with van der Waals surface area (Å²) in [6.07, 6.45) is 4.85. The number of anilines is 1. The Hall–Kier alpha value is -3.55. The maximum Gasteiger partial charge on any atom is 0.274 e. The molecule has 8 nitrogen and oxygen atoms in total. The van der Waals surface area contributed by atoms with Crippen LogP contribution in [-0.4, -0.2) is 61.6 Å². The van der Waals surface area contributed by atoms with Crippen LogP contribution in [0, 0.1) is 0 Å². The standard InChI is InChI=1S/C19H17N7O/c27-19(16-12-20-17-6-3-7-23-26(16)17)25-10-8-24(9-11-25)18-14-4-1-2-5-15(14)21-13-22-18/h1-7,12-13H,8-11H2. The third kappa shape index (κ3) is 2.66. The molecule has 3 aromatic heterocycles. The van der Waals surface area contributed by atoms with Crippen LogP contribution in [0.1, 0.15) is 10.5 Å². The number of amides is 1. The third-order valence-electron chi connectivity index (χ3n) is 4.89. The summed E-state index contributed by atoms with van der Waals surface area (Å²) >= 11 is 0. The van der Waals surface area contributed by atoms with Crippen molar-refractivity contribution in [3.8, 4) is 0 Å². The van der Waals surface area contributed by atoms with Gasteiger partial charge >= 0.3 is 0 Å². The number of carbonyl (C=O) groups is 1. The van der Waals surface area contributed by atoms with Crippen molar-refractivity contribution >= 4 is 28.3 Å². The summed E-state index contributed by atoms with van der Waals surface area (Å²) in [5.74, 6) is 0.873. The van der Waals surface area contributed by atoms with E-state index in [9.17, 15) is 4.79 Å². The van der Waals surface area contributed by atoms with Crippen LogP contribution in [0.2, 0.25) is 0 Å². The second-order valence-electron chi connectivity index (χ2n) is 6.43. The highest BCUT2D eigenvalue weighted by molar-refractivity contribution is 5.93. The fourth-order valence-corrected chi connectivity index (χ4v) is 3.50. The third-order valence-corrected chi connectivity index (χ3v) is 4.89. The number of benzene rings is 1. The van der Waals surface area contributed by atoms with Gasteiger partial charge in [-0.15, -0.1) is 0 Å². The summed E-state index contributed by atoms with van der Waals surface area (Å²) in [7, 11) is 0. The molecule has 1 aromatic carbocycles. The lowest BCUT2D eigenvalue weighted by molar-refractivity contribution is 0.0738. The van der Waals surface area contributed by atoms with Crippen molar-refractivity contribution in [2.24, 2.45) is 0 Å². The first kappa shape index (κ1) is 15.7. The number of hydrogen-bond donors (Lipinski definition) is 0. The molecule has 0 aliphatic carbocycles. The van der Waals surface area contributed by atoms with Crippen LogP contribution in [0.4, 0.5) is 5.82 Å². The lowest BCUT2D eigenvalue weighted by Crippen LogP contribution is -2.49. The normalized spacial score (nSPS) is 14.8. The zero-order chi connectivity index (χ0) is 18.2. The van der Waals surface area contributed by atoms with Crippen LogP contribution in [0.5, 0.6) is 0 Å². The summed E-state index contributed by atoms with van der Waals surface area (Å²) < 4.78 is 1.59. The largest absolute Gasteiger partial charge is 0.352 e. The van der Waals surface area contributed by atoms with Gasteiger partial charge in [-0.1, -0.05) is 12.1 Å². The number of piperazine rings is 1. The van der Waals surface area contributed by atoms with Crippen molar-refractivity contribution in [3.63, 3.8) is 0 Å². The molecule has 1 aliphatic rings. The maximum atomic E-state index is 12.9. The fourth-order valence-electron chi connectivity index (χ4n) is 3.50. The van der Waals surface area contributed by atoms with E-state index >= 15 is 0 Å². The molecular weight excluding hydrogens is 342 g/mol. The summed E-state index contributed by atoms with van der Waals surface area (Å²) in [5, 5.41) is 5.27. The molecule has 5 rings (SSSR count). The quantitative estimate of drug-likeness (QED) is 0.541. The van der Waals surface area contributed by atoms with Crippen molar-refractivity contribution in [1.82, 2.24) is 29.5 Å². The van der Waals surface area contributed by atoms with E-state index in [-0.39, 0.29) is 5.91 Å². The number of hydrogen-bond acceptors (Lipinski definition) is 6. The van der Waals surface area contributed by atoms with E-state index < -0.39 is 0 Å². The molecular formula is C19H17N7O. The van der Waals surface area contributed by atoms with E-state index in [1.807, 2.05) is 35.2 Å². The monoisotopic (exact) mass is 359 g/mol. The van der Waals surface area contributed by atoms with Crippen LogP contribution in [0.25, 0.3) is 16.6 Å². The molecule has 1 aliphatic heterocycles. The molecule has 4 aromatic rings. The predicted octanol–water partition coefficient (Wildman–Crippen LogP) is 1.63. The molecule has 1 amide bonds. The smallest absolute Gasteiger partial charge is 0.274 e. The molecule has 0 radical (unpaired) electrons. The first-order valence-electron chi connectivity index (χ1n) is 8.84. The first-order chi connectivity index (χ1) is 13.3. The van der Waals surface area contributed by atoms with Crippen LogP contribution in [-0.2, 0) is 0 Å². The van der Waals surface area contributed by atoms with Gasteiger partial charge in [-0.25, -0.2) is 19.5 Å². The van der Waals surface area contributed by atoms with E-state index in [1.165, 1.54) is 0 Å². The first-order valence-corrected chi connectivity index (χ1v) is 8.84. The average Bonchev–Trinajstić information content (AvgIpc) is 3.17. The molecule has 0 spiro atoms. The Morgan fingerprint density at radius 2 is 1.78 bits per heavy atom. The highest BCUT2D eigenvalue weighted by Gasteiger charge is 2.26. The van der Waals surface area contributed by atoms with Crippen molar-refractivity contribution in [2.75, 3.05) is 31.1 Å². The Morgan fingerprint density at radius 1 is 0.926 bits per heavy atom. The summed E-state index contributed by atoms with van der Waals surface area (Å²) in [5.41, 5.74) is 2.09. The van der Waals surface area contributed by atoms with Gasteiger partial charge in [-0.2, -0.15) is 5.10 Å². The molecule has 0 atom stereocenters. The topological polar surface area (TPSA) is 79.5 Å². The minimum atomic E-state index is -0.0478. The van der Waals surface area contributed by atoms with E-state index in [1.54, 1.807) is 29.3 Å². The Morgan fingerprint density at radius 3 is 2.67 bits per heavy atom. The second kappa shape index (κ2) is 6.31. The maximum absolute atomic E-state index is 12.9. The number of carbonyl (C=O) groups excluding carboxylic acids is 1. The van der Waals surface area contributed by atoms with Gasteiger partial charge in [0, 0.05) is 37.8 Å². The van der Waals surface area contributed by atoms with Gasteiger partial charge in [0.05, 0.1) is 11.7 Å². The molecule has 1 saturated heterocycles. The van der Waals surface area contributed by atoms with Gasteiger partial charge in [-0.3, -0.25) is 4.79 Å². The minimum Gasteiger partial charge on any atom is -0.352 e. The van der Waals surface area contributed by atoms with Crippen LogP contribution < -0.4 is 4.90 Å². The molecule has 134 valence electrons. The zero-order valence-corrected chi connectivity index (χ0v) is 14.6. The minimum absolute atomic E-state index is 0.0478. The lowest BCUT2D eigenvalue weighted by Gasteiger charge is -2.35. The number of nitrogens with zero attached hydrogens (tertiary/aromatic N) is 7. The SMILES string of the molecule is O=C(c1cnc2cccnn12)N1CCN(c2ncnc3ccccc23)CC1. The van der Waals surface area contributed by atoms with Crippen molar-refractivity contribution in [3.05, 3.63) is 60.8 Å². The number of rotatable bonds is 2. The van der Waals surface area contributed by atoms with Crippen LogP contribution in [0.3, 0.4) is 0 Å². The van der Waals surface area contributed by atoms with Crippen molar-refractivity contribution < 1.29 is 4.79 Å². The number of fused-ring (bicyclic) bond motifs is 2. The summed E-state index contributed by atoms with van der Waals surface area (Å²) in [6, 6.07) is 11.6. The average molecular weight is 359 g/mol. The Kier molecular flexibility index (Phi) is 3.67. The van der Waals surface area contributed by atoms with Gasteiger partial charge < -0.3 is 9.80 Å². The van der Waals surface area contributed by atoms with Gasteiger partial charge in [0.1, 0.15) is 12.1 Å². The van der Waals surface area contributed by atoms with Gasteiger partial charge in [-0.05, 0) is 24.3 Å². The predicted molar refractivity (Wildman–Crippen MR) is 101 cm³/mol. The second-order valence-corrected chi connectivity index (χ2v) is 6.43. The Labute approximate surface area is 155 Å². The van der Waals surface area contributed by atoms with Gasteiger partial charge in [0.25, 0.3) is 5.91 Å². The molecule has 0 bridgehead atoms. The number of para-hydroxylation sites is 1. The summed E-state index contributed by atoms with van der Waals surface area (Å²) in [6.45, 7) is 2.68. The Bertz CT molecular complexity index is 1130. The van der Waals surface area contributed by atoms with Crippen LogP contribution >= 0.6 is 0 Å². The molecule has 0 N–H and O–H groups in total. The Balaban J connectivity index is 1.36. The molecule has 8 heteroatoms. The van der Waals surface area contributed by atoms with E-state index in [0.717, 1.165) is 29.8 Å². The van der Waals surface area contributed by atoms with Crippen LogP contribution in [0.15, 0.2) is 55.1 Å². The van der Waals surface area contributed by atoms with E-state index in [4.69, 9.17) is 0 Å². The molecule has 27 heavy (non-hydrogen) atoms. The summed E-state index contributed by atoms with van der Waals surface area (Å²) in [4.78, 5) is 30.0. The molecule has 0 saturated carbocycles. The highest BCUT2D eigenvalue weighted by atomic mass is 16.2. The van der Waals surface area contributed by atoms with Gasteiger partial charge in [0.2, 0.25) is 0 Å². The van der Waals surface area contributed by atoms with E-state index in [2.05, 4.69) is 25.0 Å². The van der Waals surface area contributed by atoms with Crippen molar-refractivity contribution in [2.45, 2.75) is 0 Å². The van der Waals surface area contributed by atoms with Crippen molar-refractivity contribution in [1.29, 1.82) is 0 Å². The van der Waals surface area contributed by atoms with Gasteiger partial charge in [0.15, 0.2) is 11.3 Å². The number of aromatic nitrogens is 5. The molecule has 1 fully saturated rings. The lowest BCUT2D eigenvalue weighted by atomic mass is 10.2. The van der Waals surface area contributed by atoms with E-state index in [0.29, 0.717) is 24.4 Å². The highest BCUT2D eigenvalue weighted by Crippen LogP contribution is 2.23.